The average molecular weight is 503 g/mol. The number of nitrogens with zero attached hydrogens (tertiary/aromatic N) is 8. The molecule has 0 spiro atoms. The zero-order valence-corrected chi connectivity index (χ0v) is 20.5. The van der Waals surface area contributed by atoms with Gasteiger partial charge in [0.1, 0.15) is 17.8 Å². The molecule has 1 saturated heterocycles. The van der Waals surface area contributed by atoms with Gasteiger partial charge in [0.2, 0.25) is 5.95 Å². The summed E-state index contributed by atoms with van der Waals surface area (Å²) < 4.78 is 15.0. The van der Waals surface area contributed by atoms with E-state index in [2.05, 4.69) is 39.8 Å². The predicted molar refractivity (Wildman–Crippen MR) is 137 cm³/mol. The Hall–Kier alpha value is -4.45. The van der Waals surface area contributed by atoms with Gasteiger partial charge in [-0.2, -0.15) is 5.10 Å². The lowest BCUT2D eigenvalue weighted by molar-refractivity contribution is 0.0964. The smallest absolute Gasteiger partial charge is 0.225 e. The minimum absolute atomic E-state index is 0.313. The molecule has 11 nitrogen and oxygen atoms in total. The number of hydrogen-bond donors (Lipinski definition) is 3. The lowest BCUT2D eigenvalue weighted by atomic mass is 9.94. The second-order valence-electron chi connectivity index (χ2n) is 8.97. The summed E-state index contributed by atoms with van der Waals surface area (Å²) in [5, 5.41) is 22.7. The number of amidine groups is 1. The summed E-state index contributed by atoms with van der Waals surface area (Å²) in [7, 11) is 1.88. The van der Waals surface area contributed by atoms with Crippen molar-refractivity contribution in [3.63, 3.8) is 0 Å². The van der Waals surface area contributed by atoms with Crippen LogP contribution in [0.5, 0.6) is 0 Å². The molecule has 1 aliphatic heterocycles. The van der Waals surface area contributed by atoms with Crippen LogP contribution in [-0.4, -0.2) is 78.1 Å². The summed E-state index contributed by atoms with van der Waals surface area (Å²) in [6.45, 7) is 4.21. The first-order valence-electron chi connectivity index (χ1n) is 11.8. The van der Waals surface area contributed by atoms with E-state index >= 15 is 0 Å². The van der Waals surface area contributed by atoms with Crippen LogP contribution in [0, 0.1) is 11.2 Å². The van der Waals surface area contributed by atoms with E-state index in [0.29, 0.717) is 49.2 Å². The van der Waals surface area contributed by atoms with Crippen molar-refractivity contribution in [2.45, 2.75) is 12.5 Å². The summed E-state index contributed by atoms with van der Waals surface area (Å²) in [5.74, 6) is 0.781. The molecule has 0 aromatic carbocycles. The Bertz CT molecular complexity index is 1400. The molecule has 0 saturated carbocycles. The van der Waals surface area contributed by atoms with Crippen LogP contribution in [-0.2, 0) is 12.6 Å². The van der Waals surface area contributed by atoms with E-state index in [0.717, 1.165) is 29.4 Å². The molecule has 0 bridgehead atoms. The van der Waals surface area contributed by atoms with Gasteiger partial charge in [-0.3, -0.25) is 15.1 Å². The lowest BCUT2D eigenvalue weighted by Crippen LogP contribution is -2.49. The third-order valence-electron chi connectivity index (χ3n) is 6.44. The van der Waals surface area contributed by atoms with Crippen LogP contribution in [0.15, 0.2) is 60.4 Å². The maximum absolute atomic E-state index is 13.2. The molecule has 0 unspecified atom stereocenters. The minimum Gasteiger partial charge on any atom is -0.379 e. The molecule has 1 aliphatic rings. The van der Waals surface area contributed by atoms with Crippen molar-refractivity contribution in [1.29, 1.82) is 5.41 Å². The maximum atomic E-state index is 13.2. The second kappa shape index (κ2) is 9.90. The Labute approximate surface area is 212 Å². The monoisotopic (exact) mass is 502 g/mol. The van der Waals surface area contributed by atoms with Crippen LogP contribution in [0.25, 0.3) is 11.1 Å². The molecule has 4 aromatic heterocycles. The zero-order valence-electron chi connectivity index (χ0n) is 20.5. The number of aromatic amines is 1. The highest BCUT2D eigenvalue weighted by Gasteiger charge is 2.29. The summed E-state index contributed by atoms with van der Waals surface area (Å²) in [6, 6.07) is 4.71. The molecular formula is C25H27FN10O. The van der Waals surface area contributed by atoms with Gasteiger partial charge in [-0.05, 0) is 25.1 Å². The molecule has 1 fully saturated rings. The van der Waals surface area contributed by atoms with Crippen molar-refractivity contribution >= 4 is 18.1 Å². The highest BCUT2D eigenvalue weighted by molar-refractivity contribution is 6.01. The molecule has 37 heavy (non-hydrogen) atoms. The van der Waals surface area contributed by atoms with Crippen LogP contribution in [0.2, 0.25) is 0 Å². The Kier molecular flexibility index (Phi) is 6.49. The van der Waals surface area contributed by atoms with E-state index in [9.17, 15) is 9.50 Å². The first kappa shape index (κ1) is 24.3. The molecule has 190 valence electrons. The van der Waals surface area contributed by atoms with E-state index in [1.54, 1.807) is 30.2 Å². The van der Waals surface area contributed by atoms with Gasteiger partial charge in [0.25, 0.3) is 0 Å². The number of halogens is 1. The van der Waals surface area contributed by atoms with Gasteiger partial charge in [-0.15, -0.1) is 0 Å². The Morgan fingerprint density at radius 1 is 1.11 bits per heavy atom. The third kappa shape index (κ3) is 4.96. The first-order chi connectivity index (χ1) is 17.8. The molecule has 3 N–H and O–H groups in total. The van der Waals surface area contributed by atoms with E-state index in [-0.39, 0.29) is 0 Å². The minimum atomic E-state index is -1.45. The van der Waals surface area contributed by atoms with E-state index in [1.807, 2.05) is 25.5 Å². The van der Waals surface area contributed by atoms with Crippen LogP contribution in [0.3, 0.4) is 0 Å². The van der Waals surface area contributed by atoms with Gasteiger partial charge in [0, 0.05) is 74.7 Å². The molecule has 0 radical (unpaired) electrons. The van der Waals surface area contributed by atoms with Crippen molar-refractivity contribution in [1.82, 2.24) is 34.6 Å². The second-order valence-corrected chi connectivity index (χ2v) is 8.97. The quantitative estimate of drug-likeness (QED) is 0.272. The summed E-state index contributed by atoms with van der Waals surface area (Å²) in [6.07, 6.45) is 10.9. The fourth-order valence-corrected chi connectivity index (χ4v) is 4.31. The van der Waals surface area contributed by atoms with Crippen molar-refractivity contribution in [3.05, 3.63) is 78.1 Å². The van der Waals surface area contributed by atoms with Gasteiger partial charge in [0.15, 0.2) is 5.84 Å². The Morgan fingerprint density at radius 3 is 2.49 bits per heavy atom. The first-order valence-corrected chi connectivity index (χ1v) is 11.8. The zero-order chi connectivity index (χ0) is 26.0. The molecule has 0 aliphatic carbocycles. The number of hydrogen-bond acceptors (Lipinski definition) is 7. The number of aromatic nitrogens is 6. The average Bonchev–Trinajstić information content (AvgIpc) is 3.57. The van der Waals surface area contributed by atoms with Crippen molar-refractivity contribution in [3.8, 4) is 11.1 Å². The fourth-order valence-electron chi connectivity index (χ4n) is 4.31. The molecule has 12 heteroatoms. The number of anilines is 1. The molecule has 5 rings (SSSR count). The van der Waals surface area contributed by atoms with Crippen LogP contribution in [0.4, 0.5) is 10.3 Å². The highest BCUT2D eigenvalue weighted by Crippen LogP contribution is 2.27. The fraction of sp³-hybridized carbons (Fsp3) is 0.280. The number of piperazine rings is 1. The van der Waals surface area contributed by atoms with Crippen LogP contribution < -0.4 is 4.90 Å². The molecule has 0 amide bonds. The summed E-state index contributed by atoms with van der Waals surface area (Å²) in [5.41, 5.74) is 2.15. The number of aliphatic imine (C=N–C) groups is 1. The summed E-state index contributed by atoms with van der Waals surface area (Å²) in [4.78, 5) is 24.7. The largest absolute Gasteiger partial charge is 0.379 e. The number of aliphatic hydroxyl groups is 1. The normalized spacial score (nSPS) is 16.1. The lowest BCUT2D eigenvalue weighted by Gasteiger charge is -2.36. The standard InChI is InChI=1S/C25H27FN10O/c1-25(37,22-4-3-20(26)14-29-22)19-12-30-24(31-13-19)36-7-5-35(6-8-36)23(32-16-27)21-9-17(10-28-21)18-11-33-34(2)15-18/h3-4,9-16,27-28,37H,5-8H2,1-2H3/t25-/m1/s1. The number of pyridine rings is 1. The van der Waals surface area contributed by atoms with Gasteiger partial charge in [-0.25, -0.2) is 19.4 Å². The predicted octanol–water partition coefficient (Wildman–Crippen LogP) is 2.17. The molecular weight excluding hydrogens is 475 g/mol. The topological polar surface area (TPSA) is 135 Å². The number of nitrogens with one attached hydrogen (secondary N) is 2. The van der Waals surface area contributed by atoms with Gasteiger partial charge < -0.3 is 19.9 Å². The van der Waals surface area contributed by atoms with Crippen molar-refractivity contribution in [2.75, 3.05) is 31.1 Å². The van der Waals surface area contributed by atoms with E-state index in [1.165, 1.54) is 12.1 Å². The SMILES string of the molecule is Cn1cc(-c2c[nH]c(C(=NC=N)N3CCN(c4ncc([C@@](C)(O)c5ccc(F)cn5)cn4)CC3)c2)cn1. The van der Waals surface area contributed by atoms with Crippen LogP contribution in [0.1, 0.15) is 23.9 Å². The van der Waals surface area contributed by atoms with Gasteiger partial charge in [-0.1, -0.05) is 0 Å². The number of rotatable bonds is 6. The van der Waals surface area contributed by atoms with E-state index in [4.69, 9.17) is 5.41 Å². The van der Waals surface area contributed by atoms with Gasteiger partial charge >= 0.3 is 0 Å². The Morgan fingerprint density at radius 2 is 1.86 bits per heavy atom. The van der Waals surface area contributed by atoms with Crippen molar-refractivity contribution < 1.29 is 9.50 Å². The summed E-state index contributed by atoms with van der Waals surface area (Å²) >= 11 is 0. The third-order valence-corrected chi connectivity index (χ3v) is 6.44. The molecule has 4 aromatic rings. The van der Waals surface area contributed by atoms with Crippen LogP contribution >= 0.6 is 0 Å². The number of H-pyrrole nitrogens is 1. The molecule has 5 heterocycles. The van der Waals surface area contributed by atoms with Crippen molar-refractivity contribution in [2.24, 2.45) is 12.0 Å². The highest BCUT2D eigenvalue weighted by atomic mass is 19.1. The Balaban J connectivity index is 1.26. The number of aryl methyl sites for hydroxylation is 1. The maximum Gasteiger partial charge on any atom is 0.225 e. The van der Waals surface area contributed by atoms with Gasteiger partial charge in [0.05, 0.1) is 23.8 Å². The van der Waals surface area contributed by atoms with E-state index < -0.39 is 11.4 Å². The molecule has 1 atom stereocenters.